The molecule has 5 nitrogen and oxygen atoms in total. The van der Waals surface area contributed by atoms with Crippen LogP contribution in [0.2, 0.25) is 0 Å². The summed E-state index contributed by atoms with van der Waals surface area (Å²) in [6.07, 6.45) is 1.63. The van der Waals surface area contributed by atoms with Crippen LogP contribution in [0.15, 0.2) is 53.4 Å². The topological polar surface area (TPSA) is 75.3 Å². The molecule has 1 amide bonds. The van der Waals surface area contributed by atoms with Crippen molar-refractivity contribution in [2.24, 2.45) is 0 Å². The molecular weight excluding hydrogens is 336 g/mol. The Hall–Kier alpha value is -2.34. The van der Waals surface area contributed by atoms with E-state index in [1.165, 1.54) is 0 Å². The van der Waals surface area contributed by atoms with Crippen LogP contribution in [-0.2, 0) is 16.4 Å². The molecule has 0 saturated heterocycles. The largest absolute Gasteiger partial charge is 0.350 e. The minimum absolute atomic E-state index is 0.0127. The van der Waals surface area contributed by atoms with E-state index < -0.39 is 10.0 Å². The minimum Gasteiger partial charge on any atom is -0.350 e. The van der Waals surface area contributed by atoms with Crippen molar-refractivity contribution in [1.82, 2.24) is 5.32 Å². The van der Waals surface area contributed by atoms with Gasteiger partial charge in [-0.2, -0.15) is 0 Å². The predicted octanol–water partition coefficient (Wildman–Crippen LogP) is 3.58. The first-order chi connectivity index (χ1) is 11.9. The molecule has 0 aromatic heterocycles. The van der Waals surface area contributed by atoms with Crippen LogP contribution >= 0.6 is 0 Å². The normalized spacial score (nSPS) is 12.4. The highest BCUT2D eigenvalue weighted by Gasteiger charge is 2.19. The molecule has 0 bridgehead atoms. The number of para-hydroxylation sites is 1. The predicted molar refractivity (Wildman–Crippen MR) is 100 cm³/mol. The molecule has 0 spiro atoms. The second kappa shape index (κ2) is 8.16. The van der Waals surface area contributed by atoms with Crippen LogP contribution in [-0.4, -0.2) is 20.4 Å². The molecule has 0 aliphatic rings. The lowest BCUT2D eigenvalue weighted by molar-refractivity contribution is 0.0940. The quantitative estimate of drug-likeness (QED) is 0.792. The molecule has 2 aromatic carbocycles. The molecule has 0 radical (unpaired) electrons. The molecule has 134 valence electrons. The van der Waals surface area contributed by atoms with Gasteiger partial charge in [0.25, 0.3) is 15.9 Å². The van der Waals surface area contributed by atoms with E-state index >= 15 is 0 Å². The zero-order valence-corrected chi connectivity index (χ0v) is 15.6. The summed E-state index contributed by atoms with van der Waals surface area (Å²) in [5, 5.41) is 2.85. The van der Waals surface area contributed by atoms with Crippen molar-refractivity contribution >= 4 is 21.6 Å². The first kappa shape index (κ1) is 19.0. The van der Waals surface area contributed by atoms with Crippen LogP contribution in [0, 0.1) is 0 Å². The number of rotatable bonds is 7. The number of sulfonamides is 1. The molecule has 6 heteroatoms. The average molecular weight is 360 g/mol. The van der Waals surface area contributed by atoms with Crippen LogP contribution in [0.5, 0.6) is 0 Å². The van der Waals surface area contributed by atoms with Crippen molar-refractivity contribution in [2.75, 3.05) is 4.72 Å². The maximum atomic E-state index is 12.6. The first-order valence-corrected chi connectivity index (χ1v) is 9.87. The van der Waals surface area contributed by atoms with Crippen molar-refractivity contribution < 1.29 is 13.2 Å². The number of benzene rings is 2. The molecule has 0 saturated carbocycles. The maximum Gasteiger partial charge on any atom is 0.261 e. The fourth-order valence-corrected chi connectivity index (χ4v) is 3.36. The summed E-state index contributed by atoms with van der Waals surface area (Å²) in [6, 6.07) is 13.3. The number of hydrogen-bond acceptors (Lipinski definition) is 3. The highest BCUT2D eigenvalue weighted by atomic mass is 32.2. The Labute approximate surface area is 149 Å². The average Bonchev–Trinajstić information content (AvgIpc) is 2.61. The van der Waals surface area contributed by atoms with Crippen LogP contribution in [0.1, 0.15) is 43.1 Å². The lowest BCUT2D eigenvalue weighted by atomic mass is 10.1. The van der Waals surface area contributed by atoms with Crippen molar-refractivity contribution in [3.63, 3.8) is 0 Å². The summed E-state index contributed by atoms with van der Waals surface area (Å²) in [6.45, 7) is 5.88. The highest BCUT2D eigenvalue weighted by Crippen LogP contribution is 2.21. The van der Waals surface area contributed by atoms with Crippen LogP contribution in [0.4, 0.5) is 5.69 Å². The lowest BCUT2D eigenvalue weighted by Gasteiger charge is -2.15. The fraction of sp³-hybridized carbons (Fsp3) is 0.316. The number of hydrogen-bond donors (Lipinski definition) is 2. The Balaban J connectivity index is 2.28. The van der Waals surface area contributed by atoms with Gasteiger partial charge in [0.15, 0.2) is 0 Å². The maximum absolute atomic E-state index is 12.6. The lowest BCUT2D eigenvalue weighted by Crippen LogP contribution is -2.32. The standard InChI is InChI=1S/C19H24N2O3S/c1-4-14(3)20-19(22)17-8-6-7-9-18(17)21-25(23,24)16-12-10-15(5-2)11-13-16/h6-14,21H,4-5H2,1-3H3,(H,20,22). The molecule has 0 fully saturated rings. The summed E-state index contributed by atoms with van der Waals surface area (Å²) in [5.74, 6) is -0.297. The molecule has 25 heavy (non-hydrogen) atoms. The number of amides is 1. The van der Waals surface area contributed by atoms with Gasteiger partial charge in [-0.1, -0.05) is 38.1 Å². The Morgan fingerprint density at radius 3 is 2.28 bits per heavy atom. The van der Waals surface area contributed by atoms with Gasteiger partial charge in [0.1, 0.15) is 0 Å². The van der Waals surface area contributed by atoms with Gasteiger partial charge in [0, 0.05) is 6.04 Å². The third-order valence-electron chi connectivity index (χ3n) is 4.05. The Kier molecular flexibility index (Phi) is 6.20. The summed E-state index contributed by atoms with van der Waals surface area (Å²) in [5.41, 5.74) is 1.63. The van der Waals surface area contributed by atoms with Crippen LogP contribution in [0.25, 0.3) is 0 Å². The van der Waals surface area contributed by atoms with Crippen LogP contribution in [0.3, 0.4) is 0 Å². The van der Waals surface area contributed by atoms with Gasteiger partial charge < -0.3 is 5.32 Å². The second-order valence-electron chi connectivity index (χ2n) is 5.93. The van der Waals surface area contributed by atoms with Crippen molar-refractivity contribution in [3.05, 3.63) is 59.7 Å². The van der Waals surface area contributed by atoms with Gasteiger partial charge in [-0.05, 0) is 49.6 Å². The molecule has 2 aromatic rings. The van der Waals surface area contributed by atoms with E-state index in [1.807, 2.05) is 20.8 Å². The molecule has 2 N–H and O–H groups in total. The first-order valence-electron chi connectivity index (χ1n) is 8.39. The SMILES string of the molecule is CCc1ccc(S(=O)(=O)Nc2ccccc2C(=O)NC(C)CC)cc1. The van der Waals surface area contributed by atoms with Crippen molar-refractivity contribution in [2.45, 2.75) is 44.6 Å². The Morgan fingerprint density at radius 2 is 1.68 bits per heavy atom. The van der Waals surface area contributed by atoms with E-state index in [4.69, 9.17) is 0 Å². The number of nitrogens with one attached hydrogen (secondary N) is 2. The number of carbonyl (C=O) groups excluding carboxylic acids is 1. The molecule has 0 aliphatic heterocycles. The third kappa shape index (κ3) is 4.82. The zero-order valence-electron chi connectivity index (χ0n) is 14.7. The van der Waals surface area contributed by atoms with E-state index in [9.17, 15) is 13.2 Å². The van der Waals surface area contributed by atoms with Gasteiger partial charge >= 0.3 is 0 Å². The zero-order chi connectivity index (χ0) is 18.4. The van der Waals surface area contributed by atoms with E-state index in [2.05, 4.69) is 10.0 Å². The van der Waals surface area contributed by atoms with E-state index in [0.717, 1.165) is 18.4 Å². The summed E-state index contributed by atoms with van der Waals surface area (Å²) in [4.78, 5) is 12.6. The van der Waals surface area contributed by atoms with E-state index in [0.29, 0.717) is 5.56 Å². The van der Waals surface area contributed by atoms with Crippen LogP contribution < -0.4 is 10.0 Å². The second-order valence-corrected chi connectivity index (χ2v) is 7.61. The third-order valence-corrected chi connectivity index (χ3v) is 5.43. The minimum atomic E-state index is -3.76. The number of aryl methyl sites for hydroxylation is 1. The molecule has 2 rings (SSSR count). The van der Waals surface area contributed by atoms with Gasteiger partial charge in [0.05, 0.1) is 16.1 Å². The monoisotopic (exact) mass is 360 g/mol. The number of anilines is 1. The Bertz CT molecular complexity index is 830. The van der Waals surface area contributed by atoms with Crippen molar-refractivity contribution in [1.29, 1.82) is 0 Å². The highest BCUT2D eigenvalue weighted by molar-refractivity contribution is 7.92. The number of carbonyl (C=O) groups is 1. The molecule has 0 aliphatic carbocycles. The van der Waals surface area contributed by atoms with E-state index in [-0.39, 0.29) is 22.5 Å². The molecule has 0 heterocycles. The molecular formula is C19H24N2O3S. The summed E-state index contributed by atoms with van der Waals surface area (Å²) in [7, 11) is -3.76. The van der Waals surface area contributed by atoms with Crippen molar-refractivity contribution in [3.8, 4) is 0 Å². The smallest absolute Gasteiger partial charge is 0.261 e. The molecule has 1 unspecified atom stereocenters. The van der Waals surface area contributed by atoms with Gasteiger partial charge in [-0.3, -0.25) is 9.52 Å². The summed E-state index contributed by atoms with van der Waals surface area (Å²) < 4.78 is 27.7. The van der Waals surface area contributed by atoms with Gasteiger partial charge in [-0.15, -0.1) is 0 Å². The van der Waals surface area contributed by atoms with Gasteiger partial charge in [0.2, 0.25) is 0 Å². The van der Waals surface area contributed by atoms with Gasteiger partial charge in [-0.25, -0.2) is 8.42 Å². The molecule has 1 atom stereocenters. The van der Waals surface area contributed by atoms with E-state index in [1.54, 1.807) is 48.5 Å². The Morgan fingerprint density at radius 1 is 1.04 bits per heavy atom. The fourth-order valence-electron chi connectivity index (χ4n) is 2.28. The summed E-state index contributed by atoms with van der Waals surface area (Å²) >= 11 is 0.